The molecule has 2 N–H and O–H groups in total. The molecule has 19 heavy (non-hydrogen) atoms. The Labute approximate surface area is 114 Å². The van der Waals surface area contributed by atoms with Gasteiger partial charge in [0.2, 0.25) is 10.0 Å². The largest absolute Gasteiger partial charge is 0.394 e. The number of sulfonamides is 1. The highest BCUT2D eigenvalue weighted by atomic mass is 32.2. The fraction of sp³-hybridized carbons (Fsp3) is 0.571. The average Bonchev–Trinajstić information content (AvgIpc) is 2.37. The third-order valence-electron chi connectivity index (χ3n) is 3.44. The molecule has 0 atom stereocenters. The first-order valence-electron chi connectivity index (χ1n) is 6.61. The number of rotatable bonds is 4. The monoisotopic (exact) mass is 283 g/mol. The van der Waals surface area contributed by atoms with Crippen LogP contribution in [-0.4, -0.2) is 25.7 Å². The summed E-state index contributed by atoms with van der Waals surface area (Å²) < 4.78 is 27.1. The van der Waals surface area contributed by atoms with Gasteiger partial charge in [-0.25, -0.2) is 13.1 Å². The molecule has 4 nitrogen and oxygen atoms in total. The Bertz CT molecular complexity index is 564. The molecule has 1 aromatic carbocycles. The van der Waals surface area contributed by atoms with Crippen LogP contribution in [0.1, 0.15) is 37.8 Å². The lowest BCUT2D eigenvalue weighted by atomic mass is 9.92. The van der Waals surface area contributed by atoms with Crippen molar-refractivity contribution in [2.24, 2.45) is 0 Å². The number of fused-ring (bicyclic) bond motifs is 1. The van der Waals surface area contributed by atoms with E-state index in [1.54, 1.807) is 26.0 Å². The maximum Gasteiger partial charge on any atom is 0.241 e. The van der Waals surface area contributed by atoms with Crippen LogP contribution in [0.15, 0.2) is 23.1 Å². The zero-order valence-corrected chi connectivity index (χ0v) is 12.3. The van der Waals surface area contributed by atoms with E-state index < -0.39 is 15.6 Å². The van der Waals surface area contributed by atoms with Gasteiger partial charge in [0.05, 0.1) is 17.0 Å². The van der Waals surface area contributed by atoms with Crippen LogP contribution in [0.2, 0.25) is 0 Å². The highest BCUT2D eigenvalue weighted by Gasteiger charge is 2.26. The van der Waals surface area contributed by atoms with Crippen molar-refractivity contribution in [3.05, 3.63) is 29.3 Å². The molecule has 1 aliphatic rings. The van der Waals surface area contributed by atoms with E-state index in [0.717, 1.165) is 24.8 Å². The fourth-order valence-corrected chi connectivity index (χ4v) is 3.79. The summed E-state index contributed by atoms with van der Waals surface area (Å²) in [5.74, 6) is 0. The maximum atomic E-state index is 12.3. The Morgan fingerprint density at radius 3 is 2.47 bits per heavy atom. The number of aliphatic hydroxyl groups is 1. The Hall–Kier alpha value is -0.910. The van der Waals surface area contributed by atoms with Crippen LogP contribution >= 0.6 is 0 Å². The summed E-state index contributed by atoms with van der Waals surface area (Å²) in [6.45, 7) is 3.07. The molecule has 0 spiro atoms. The molecule has 0 aromatic heterocycles. The van der Waals surface area contributed by atoms with Crippen LogP contribution in [0.4, 0.5) is 0 Å². The number of hydrogen-bond donors (Lipinski definition) is 2. The minimum Gasteiger partial charge on any atom is -0.394 e. The SMILES string of the molecule is CC(C)(CO)NS(=O)(=O)c1ccc2c(c1)CCCC2. The first-order valence-corrected chi connectivity index (χ1v) is 8.09. The average molecular weight is 283 g/mol. The highest BCUT2D eigenvalue weighted by molar-refractivity contribution is 7.89. The number of nitrogens with one attached hydrogen (secondary N) is 1. The number of aliphatic hydroxyl groups excluding tert-OH is 1. The molecular weight excluding hydrogens is 262 g/mol. The smallest absolute Gasteiger partial charge is 0.241 e. The summed E-state index contributed by atoms with van der Waals surface area (Å²) in [6, 6.07) is 5.33. The molecule has 0 amide bonds. The molecule has 1 aromatic rings. The van der Waals surface area contributed by atoms with Crippen molar-refractivity contribution in [1.82, 2.24) is 4.72 Å². The van der Waals surface area contributed by atoms with Crippen molar-refractivity contribution in [3.63, 3.8) is 0 Å². The van der Waals surface area contributed by atoms with Gasteiger partial charge in [0.25, 0.3) is 0 Å². The van der Waals surface area contributed by atoms with Crippen molar-refractivity contribution < 1.29 is 13.5 Å². The van der Waals surface area contributed by atoms with Crippen molar-refractivity contribution >= 4 is 10.0 Å². The summed E-state index contributed by atoms with van der Waals surface area (Å²) in [5.41, 5.74) is 1.54. The summed E-state index contributed by atoms with van der Waals surface area (Å²) in [4.78, 5) is 0.287. The van der Waals surface area contributed by atoms with Crippen molar-refractivity contribution in [3.8, 4) is 0 Å². The summed E-state index contributed by atoms with van der Waals surface area (Å²) in [5, 5.41) is 9.17. The van der Waals surface area contributed by atoms with E-state index in [9.17, 15) is 8.42 Å². The van der Waals surface area contributed by atoms with E-state index in [-0.39, 0.29) is 11.5 Å². The highest BCUT2D eigenvalue weighted by Crippen LogP contribution is 2.24. The second-order valence-electron chi connectivity index (χ2n) is 5.79. The molecule has 5 heteroatoms. The topological polar surface area (TPSA) is 66.4 Å². The molecular formula is C14H21NO3S. The van der Waals surface area contributed by atoms with Gasteiger partial charge in [-0.05, 0) is 62.8 Å². The molecule has 0 unspecified atom stereocenters. The van der Waals surface area contributed by atoms with Gasteiger partial charge in [-0.15, -0.1) is 0 Å². The van der Waals surface area contributed by atoms with Crippen LogP contribution in [0.5, 0.6) is 0 Å². The molecule has 1 aliphatic carbocycles. The molecule has 0 saturated carbocycles. The third-order valence-corrected chi connectivity index (χ3v) is 5.13. The molecule has 0 fully saturated rings. The third kappa shape index (κ3) is 3.35. The van der Waals surface area contributed by atoms with Crippen molar-refractivity contribution in [2.75, 3.05) is 6.61 Å². The van der Waals surface area contributed by atoms with Gasteiger partial charge in [-0.3, -0.25) is 0 Å². The molecule has 0 aliphatic heterocycles. The lowest BCUT2D eigenvalue weighted by molar-refractivity contribution is 0.208. The summed E-state index contributed by atoms with van der Waals surface area (Å²) in [7, 11) is -3.57. The standard InChI is InChI=1S/C14H21NO3S/c1-14(2,10-16)15-19(17,18)13-8-7-11-5-3-4-6-12(11)9-13/h7-9,15-16H,3-6,10H2,1-2H3. The lowest BCUT2D eigenvalue weighted by Crippen LogP contribution is -2.46. The molecule has 0 radical (unpaired) electrons. The second kappa shape index (κ2) is 5.23. The van der Waals surface area contributed by atoms with Gasteiger partial charge in [-0.1, -0.05) is 6.07 Å². The Morgan fingerprint density at radius 2 is 1.84 bits per heavy atom. The van der Waals surface area contributed by atoms with Gasteiger partial charge in [-0.2, -0.15) is 0 Å². The van der Waals surface area contributed by atoms with Crippen LogP contribution in [0.25, 0.3) is 0 Å². The minimum atomic E-state index is -3.57. The van der Waals surface area contributed by atoms with E-state index in [0.29, 0.717) is 0 Å². The Balaban J connectivity index is 2.31. The number of benzene rings is 1. The molecule has 106 valence electrons. The quantitative estimate of drug-likeness (QED) is 0.882. The number of hydrogen-bond acceptors (Lipinski definition) is 3. The molecule has 0 saturated heterocycles. The van der Waals surface area contributed by atoms with E-state index in [1.165, 1.54) is 12.0 Å². The van der Waals surface area contributed by atoms with Crippen LogP contribution in [0, 0.1) is 0 Å². The van der Waals surface area contributed by atoms with Gasteiger partial charge >= 0.3 is 0 Å². The van der Waals surface area contributed by atoms with Gasteiger partial charge in [0.1, 0.15) is 0 Å². The lowest BCUT2D eigenvalue weighted by Gasteiger charge is -2.24. The minimum absolute atomic E-state index is 0.239. The normalized spacial score (nSPS) is 16.2. The van der Waals surface area contributed by atoms with Gasteiger partial charge in [0, 0.05) is 0 Å². The van der Waals surface area contributed by atoms with Gasteiger partial charge < -0.3 is 5.11 Å². The van der Waals surface area contributed by atoms with E-state index >= 15 is 0 Å². The Morgan fingerprint density at radius 1 is 1.21 bits per heavy atom. The van der Waals surface area contributed by atoms with Crippen LogP contribution < -0.4 is 4.72 Å². The predicted molar refractivity (Wildman–Crippen MR) is 74.6 cm³/mol. The zero-order valence-electron chi connectivity index (χ0n) is 11.4. The fourth-order valence-electron chi connectivity index (χ4n) is 2.33. The zero-order chi connectivity index (χ0) is 14.1. The summed E-state index contributed by atoms with van der Waals surface area (Å²) in [6.07, 6.45) is 4.27. The number of aryl methyl sites for hydroxylation is 2. The molecule has 0 heterocycles. The Kier molecular flexibility index (Phi) is 3.99. The first kappa shape index (κ1) is 14.5. The van der Waals surface area contributed by atoms with Gasteiger partial charge in [0.15, 0.2) is 0 Å². The second-order valence-corrected chi connectivity index (χ2v) is 7.47. The molecule has 2 rings (SSSR count). The molecule has 0 bridgehead atoms. The predicted octanol–water partition coefficient (Wildman–Crippen LogP) is 1.61. The van der Waals surface area contributed by atoms with Crippen LogP contribution in [0.3, 0.4) is 0 Å². The van der Waals surface area contributed by atoms with E-state index in [2.05, 4.69) is 4.72 Å². The first-order chi connectivity index (χ1) is 8.84. The van der Waals surface area contributed by atoms with E-state index in [1.807, 2.05) is 6.07 Å². The van der Waals surface area contributed by atoms with E-state index in [4.69, 9.17) is 5.11 Å². The van der Waals surface area contributed by atoms with Crippen molar-refractivity contribution in [2.45, 2.75) is 50.0 Å². The summed E-state index contributed by atoms with van der Waals surface area (Å²) >= 11 is 0. The van der Waals surface area contributed by atoms with Crippen molar-refractivity contribution in [1.29, 1.82) is 0 Å². The van der Waals surface area contributed by atoms with Crippen LogP contribution in [-0.2, 0) is 22.9 Å². The maximum absolute atomic E-state index is 12.3.